The van der Waals surface area contributed by atoms with Crippen LogP contribution in [0.15, 0.2) is 69.6 Å². The van der Waals surface area contributed by atoms with Crippen LogP contribution >= 0.6 is 23.1 Å². The number of benzene rings is 2. The third kappa shape index (κ3) is 4.47. The third-order valence-corrected chi connectivity index (χ3v) is 5.64. The molecule has 0 amide bonds. The Balaban J connectivity index is 1.35. The average Bonchev–Trinajstić information content (AvgIpc) is 3.37. The minimum atomic E-state index is 0.601. The van der Waals surface area contributed by atoms with E-state index in [1.807, 2.05) is 54.6 Å². The molecule has 0 saturated carbocycles. The van der Waals surface area contributed by atoms with Gasteiger partial charge in [0.25, 0.3) is 0 Å². The van der Waals surface area contributed by atoms with Crippen LogP contribution in [0.5, 0.6) is 5.75 Å². The molecule has 0 spiro atoms. The van der Waals surface area contributed by atoms with Gasteiger partial charge in [0.1, 0.15) is 5.75 Å². The fraction of sp³-hybridized carbons (Fsp3) is 0.105. The number of aromatic nitrogens is 3. The van der Waals surface area contributed by atoms with Gasteiger partial charge in [-0.05, 0) is 24.3 Å². The minimum Gasteiger partial charge on any atom is -0.497 e. The van der Waals surface area contributed by atoms with Crippen LogP contribution in [0.4, 0.5) is 10.8 Å². The Morgan fingerprint density at radius 3 is 2.67 bits per heavy atom. The molecule has 27 heavy (non-hydrogen) atoms. The highest BCUT2D eigenvalue weighted by atomic mass is 32.2. The molecule has 0 unspecified atom stereocenters. The third-order valence-electron chi connectivity index (χ3n) is 3.68. The molecule has 4 rings (SSSR count). The predicted molar refractivity (Wildman–Crippen MR) is 108 cm³/mol. The fourth-order valence-corrected chi connectivity index (χ4v) is 3.98. The standard InChI is InChI=1S/C19H16N4O2S2/c1-24-15-9-7-14(8-10-15)21-18-22-23-19(27-18)26-12-17-20-11-16(25-17)13-5-3-2-4-6-13/h2-11H,12H2,1H3,(H,21,22). The topological polar surface area (TPSA) is 73.1 Å². The van der Waals surface area contributed by atoms with E-state index >= 15 is 0 Å². The summed E-state index contributed by atoms with van der Waals surface area (Å²) in [6.07, 6.45) is 1.75. The van der Waals surface area contributed by atoms with Gasteiger partial charge in [0, 0.05) is 11.3 Å². The largest absolute Gasteiger partial charge is 0.497 e. The quantitative estimate of drug-likeness (QED) is 0.428. The van der Waals surface area contributed by atoms with E-state index < -0.39 is 0 Å². The van der Waals surface area contributed by atoms with E-state index in [1.165, 1.54) is 11.3 Å². The number of nitrogens with zero attached hydrogens (tertiary/aromatic N) is 3. The lowest BCUT2D eigenvalue weighted by Crippen LogP contribution is -1.89. The molecule has 0 saturated heterocycles. The average molecular weight is 396 g/mol. The van der Waals surface area contributed by atoms with Gasteiger partial charge in [0.2, 0.25) is 11.0 Å². The number of methoxy groups -OCH3 is 1. The highest BCUT2D eigenvalue weighted by molar-refractivity contribution is 8.00. The van der Waals surface area contributed by atoms with Crippen LogP contribution in [0.3, 0.4) is 0 Å². The van der Waals surface area contributed by atoms with Crippen LogP contribution in [0.25, 0.3) is 11.3 Å². The van der Waals surface area contributed by atoms with Crippen LogP contribution in [0.1, 0.15) is 5.89 Å². The molecular weight excluding hydrogens is 380 g/mol. The maximum Gasteiger partial charge on any atom is 0.210 e. The van der Waals surface area contributed by atoms with E-state index in [0.717, 1.165) is 32.2 Å². The normalized spacial score (nSPS) is 10.7. The zero-order valence-electron chi connectivity index (χ0n) is 14.5. The summed E-state index contributed by atoms with van der Waals surface area (Å²) in [5.74, 6) is 2.85. The minimum absolute atomic E-state index is 0.601. The molecule has 0 aliphatic rings. The number of nitrogens with one attached hydrogen (secondary N) is 1. The lowest BCUT2D eigenvalue weighted by molar-refractivity contribution is 0.415. The summed E-state index contributed by atoms with van der Waals surface area (Å²) >= 11 is 3.04. The van der Waals surface area contributed by atoms with Gasteiger partial charge in [-0.25, -0.2) is 4.98 Å². The second-order valence-corrected chi connectivity index (χ2v) is 7.70. The first-order valence-electron chi connectivity index (χ1n) is 8.17. The van der Waals surface area contributed by atoms with Crippen molar-refractivity contribution in [1.29, 1.82) is 0 Å². The zero-order valence-corrected chi connectivity index (χ0v) is 16.1. The van der Waals surface area contributed by atoms with Crippen molar-refractivity contribution in [2.75, 3.05) is 12.4 Å². The number of anilines is 2. The van der Waals surface area contributed by atoms with Gasteiger partial charge >= 0.3 is 0 Å². The van der Waals surface area contributed by atoms with E-state index in [-0.39, 0.29) is 0 Å². The Kier molecular flexibility index (Phi) is 5.36. The number of hydrogen-bond donors (Lipinski definition) is 1. The van der Waals surface area contributed by atoms with Crippen molar-refractivity contribution in [2.24, 2.45) is 0 Å². The summed E-state index contributed by atoms with van der Waals surface area (Å²) < 4.78 is 11.8. The van der Waals surface area contributed by atoms with Crippen molar-refractivity contribution in [3.8, 4) is 17.1 Å². The molecule has 4 aromatic rings. The van der Waals surface area contributed by atoms with Gasteiger partial charge in [0.05, 0.1) is 19.1 Å². The van der Waals surface area contributed by atoms with Gasteiger partial charge in [-0.1, -0.05) is 53.4 Å². The molecule has 2 aromatic heterocycles. The molecule has 1 N–H and O–H groups in total. The fourth-order valence-electron chi connectivity index (χ4n) is 2.35. The molecule has 136 valence electrons. The first kappa shape index (κ1) is 17.6. The highest BCUT2D eigenvalue weighted by Gasteiger charge is 2.10. The monoisotopic (exact) mass is 396 g/mol. The summed E-state index contributed by atoms with van der Waals surface area (Å²) in [6.45, 7) is 0. The summed E-state index contributed by atoms with van der Waals surface area (Å²) in [4.78, 5) is 4.34. The molecular formula is C19H16N4O2S2. The van der Waals surface area contributed by atoms with Crippen molar-refractivity contribution in [3.05, 3.63) is 66.7 Å². The maximum atomic E-state index is 5.81. The van der Waals surface area contributed by atoms with Crippen molar-refractivity contribution in [1.82, 2.24) is 15.2 Å². The van der Waals surface area contributed by atoms with Gasteiger partial charge in [-0.2, -0.15) is 0 Å². The van der Waals surface area contributed by atoms with Gasteiger partial charge in [-0.3, -0.25) is 0 Å². The second-order valence-electron chi connectivity index (χ2n) is 5.50. The van der Waals surface area contributed by atoms with E-state index in [4.69, 9.17) is 9.15 Å². The van der Waals surface area contributed by atoms with E-state index in [1.54, 1.807) is 25.1 Å². The van der Waals surface area contributed by atoms with Gasteiger partial charge in [0.15, 0.2) is 10.1 Å². The summed E-state index contributed by atoms with van der Waals surface area (Å²) in [5.41, 5.74) is 1.95. The van der Waals surface area contributed by atoms with Crippen LogP contribution in [0, 0.1) is 0 Å². The summed E-state index contributed by atoms with van der Waals surface area (Å²) in [5, 5.41) is 12.3. The lowest BCUT2D eigenvalue weighted by atomic mass is 10.2. The second kappa shape index (κ2) is 8.24. The van der Waals surface area contributed by atoms with Crippen molar-refractivity contribution < 1.29 is 9.15 Å². The van der Waals surface area contributed by atoms with E-state index in [0.29, 0.717) is 11.6 Å². The molecule has 0 bridgehead atoms. The Morgan fingerprint density at radius 1 is 1.07 bits per heavy atom. The Morgan fingerprint density at radius 2 is 1.89 bits per heavy atom. The first-order valence-corrected chi connectivity index (χ1v) is 9.98. The summed E-state index contributed by atoms with van der Waals surface area (Å²) in [6, 6.07) is 17.6. The SMILES string of the molecule is COc1ccc(Nc2nnc(SCc3ncc(-c4ccccc4)o3)s2)cc1. The number of thioether (sulfide) groups is 1. The van der Waals surface area contributed by atoms with Crippen molar-refractivity contribution in [2.45, 2.75) is 10.1 Å². The number of rotatable bonds is 7. The molecule has 0 aliphatic heterocycles. The van der Waals surface area contributed by atoms with Crippen LogP contribution in [-0.4, -0.2) is 22.3 Å². The first-order chi connectivity index (χ1) is 13.3. The van der Waals surface area contributed by atoms with Crippen molar-refractivity contribution >= 4 is 33.9 Å². The molecule has 2 heterocycles. The predicted octanol–water partition coefficient (Wildman–Crippen LogP) is 5.24. The molecule has 0 atom stereocenters. The Hall–Kier alpha value is -2.84. The van der Waals surface area contributed by atoms with E-state index in [9.17, 15) is 0 Å². The van der Waals surface area contributed by atoms with Crippen LogP contribution < -0.4 is 10.1 Å². The van der Waals surface area contributed by atoms with Gasteiger partial charge in [-0.15, -0.1) is 10.2 Å². The van der Waals surface area contributed by atoms with E-state index in [2.05, 4.69) is 20.5 Å². The number of oxazole rings is 1. The zero-order chi connectivity index (χ0) is 18.5. The number of hydrogen-bond acceptors (Lipinski definition) is 8. The van der Waals surface area contributed by atoms with Crippen molar-refractivity contribution in [3.63, 3.8) is 0 Å². The molecule has 0 fully saturated rings. The highest BCUT2D eigenvalue weighted by Crippen LogP contribution is 2.31. The smallest absolute Gasteiger partial charge is 0.210 e. The van der Waals surface area contributed by atoms with Gasteiger partial charge < -0.3 is 14.5 Å². The maximum absolute atomic E-state index is 5.81. The number of ether oxygens (including phenoxy) is 1. The van der Waals surface area contributed by atoms with Crippen LogP contribution in [-0.2, 0) is 5.75 Å². The molecule has 8 heteroatoms. The molecule has 6 nitrogen and oxygen atoms in total. The Bertz CT molecular complexity index is 1000. The lowest BCUT2D eigenvalue weighted by Gasteiger charge is -2.03. The Labute approximate surface area is 164 Å². The van der Waals surface area contributed by atoms with Crippen LogP contribution in [0.2, 0.25) is 0 Å². The molecule has 2 aromatic carbocycles. The molecule has 0 radical (unpaired) electrons. The summed E-state index contributed by atoms with van der Waals surface area (Å²) in [7, 11) is 1.65. The molecule has 0 aliphatic carbocycles.